The van der Waals surface area contributed by atoms with Gasteiger partial charge in [0.15, 0.2) is 0 Å². The van der Waals surface area contributed by atoms with E-state index >= 15 is 0 Å². The molecule has 1 aliphatic carbocycles. The van der Waals surface area contributed by atoms with Crippen LogP contribution in [0.2, 0.25) is 0 Å². The number of hydrogen-bond acceptors (Lipinski definition) is 22. The molecular formula is C104H114F2N22O8. The molecule has 7 aliphatic rings. The normalized spacial score (nSPS) is 19.5. The number of hydrogen-bond donors (Lipinski definition) is 0. The highest BCUT2D eigenvalue weighted by molar-refractivity contribution is 5.93. The fourth-order valence-corrected chi connectivity index (χ4v) is 19.6. The molecule has 702 valence electrons. The lowest BCUT2D eigenvalue weighted by Gasteiger charge is -2.44. The number of ether oxygens (including phenoxy) is 2. The van der Waals surface area contributed by atoms with Crippen molar-refractivity contribution in [1.29, 1.82) is 10.5 Å². The minimum atomic E-state index is -0.480. The summed E-state index contributed by atoms with van der Waals surface area (Å²) in [7, 11) is 0. The van der Waals surface area contributed by atoms with Crippen molar-refractivity contribution in [2.75, 3.05) is 105 Å². The maximum absolute atomic E-state index is 13.5. The Morgan fingerprint density at radius 2 is 0.721 bits per heavy atom. The SMILES string of the molecule is CC1Cc2cc(CCN3C[C@@H](C)N(C(=O)Cc4ccc(-n5cncn5)cc4)[C@@H](C)C3)ccc2C(=O)O1.CC1Cc2cc(CCN3C[C@@H](C)N(C(=O)Cc4ccc(-n5cncn5)cc4)[C@H](C)C3)ccc2C(=O)O1.N#Cc1cc(CCN2CCN(C(=O)C3CCc4cc(-n5cncn5)ccc43)CC2)ccc1F.N#Cc1cc(CCN2CCN(C(=O)Cc3ccc(-n4cncn4)cc3)CC2)ccc1F. The molecule has 19 rings (SSSR count). The van der Waals surface area contributed by atoms with Crippen LogP contribution in [0.5, 0.6) is 0 Å². The summed E-state index contributed by atoms with van der Waals surface area (Å²) in [4.78, 5) is 110. The number of benzene rings is 8. The fraction of sp³-hybridized carbons (Fsp3) is 0.385. The van der Waals surface area contributed by atoms with Crippen molar-refractivity contribution in [3.05, 3.63) is 309 Å². The molecule has 6 aliphatic heterocycles. The summed E-state index contributed by atoms with van der Waals surface area (Å²) in [6.45, 7) is 25.5. The van der Waals surface area contributed by atoms with E-state index in [1.807, 2.05) is 149 Å². The van der Waals surface area contributed by atoms with Crippen LogP contribution in [0.4, 0.5) is 8.78 Å². The summed E-state index contributed by atoms with van der Waals surface area (Å²) >= 11 is 0. The molecule has 4 fully saturated rings. The number of piperazine rings is 4. The predicted octanol–water partition coefficient (Wildman–Crippen LogP) is 11.1. The van der Waals surface area contributed by atoms with Crippen molar-refractivity contribution in [3.8, 4) is 34.9 Å². The minimum Gasteiger partial charge on any atom is -0.459 e. The number of esters is 2. The van der Waals surface area contributed by atoms with E-state index in [9.17, 15) is 37.5 Å². The van der Waals surface area contributed by atoms with E-state index in [-0.39, 0.29) is 89.0 Å². The maximum Gasteiger partial charge on any atom is 0.338 e. The molecule has 136 heavy (non-hydrogen) atoms. The molecule has 0 spiro atoms. The second kappa shape index (κ2) is 44.3. The molecule has 8 aromatic carbocycles. The summed E-state index contributed by atoms with van der Waals surface area (Å²) in [6.07, 6.45) is 20.3. The van der Waals surface area contributed by atoms with Crippen LogP contribution < -0.4 is 0 Å². The Hall–Kier alpha value is -14.2. The summed E-state index contributed by atoms with van der Waals surface area (Å²) in [5.41, 5.74) is 17.2. The van der Waals surface area contributed by atoms with Gasteiger partial charge in [-0.15, -0.1) is 0 Å². The molecular weight excluding hydrogens is 1720 g/mol. The van der Waals surface area contributed by atoms with Gasteiger partial charge in [-0.1, -0.05) is 78.9 Å². The smallest absolute Gasteiger partial charge is 0.338 e. The van der Waals surface area contributed by atoms with Crippen molar-refractivity contribution in [3.63, 3.8) is 0 Å². The Kier molecular flexibility index (Phi) is 31.0. The van der Waals surface area contributed by atoms with E-state index in [4.69, 9.17) is 20.0 Å². The van der Waals surface area contributed by atoms with Crippen LogP contribution in [-0.4, -0.2) is 275 Å². The van der Waals surface area contributed by atoms with Gasteiger partial charge < -0.3 is 29.1 Å². The number of fused-ring (bicyclic) bond motifs is 3. The number of nitrogens with zero attached hydrogens (tertiary/aromatic N) is 22. The molecule has 4 amide bonds. The average Bonchev–Trinajstić information content (AvgIpc) is 1.62. The number of rotatable bonds is 23. The van der Waals surface area contributed by atoms with E-state index < -0.39 is 11.6 Å². The molecule has 7 atom stereocenters. The molecule has 0 saturated carbocycles. The minimum absolute atomic E-state index is 0.0695. The van der Waals surface area contributed by atoms with Gasteiger partial charge in [0.05, 0.1) is 70.2 Å². The first kappa shape index (κ1) is 95.0. The zero-order valence-electron chi connectivity index (χ0n) is 77.7. The van der Waals surface area contributed by atoms with Gasteiger partial charge in [-0.25, -0.2) is 57.0 Å². The second-order valence-electron chi connectivity index (χ2n) is 36.4. The first-order valence-electron chi connectivity index (χ1n) is 46.9. The largest absolute Gasteiger partial charge is 0.459 e. The van der Waals surface area contributed by atoms with Gasteiger partial charge in [0.2, 0.25) is 23.6 Å². The zero-order valence-corrected chi connectivity index (χ0v) is 77.7. The van der Waals surface area contributed by atoms with Crippen molar-refractivity contribution in [2.45, 2.75) is 154 Å². The maximum atomic E-state index is 13.5. The van der Waals surface area contributed by atoms with E-state index in [0.717, 1.165) is 197 Å². The Balaban J connectivity index is 0.000000132. The van der Waals surface area contributed by atoms with Crippen LogP contribution in [0, 0.1) is 34.3 Å². The van der Waals surface area contributed by atoms with E-state index in [1.54, 1.807) is 68.3 Å². The van der Waals surface area contributed by atoms with Crippen LogP contribution >= 0.6 is 0 Å². The highest BCUT2D eigenvalue weighted by atomic mass is 19.1. The van der Waals surface area contributed by atoms with Gasteiger partial charge in [-0.3, -0.25) is 38.8 Å². The first-order chi connectivity index (χ1) is 66.0. The topological polar surface area (TPSA) is 317 Å². The second-order valence-corrected chi connectivity index (χ2v) is 36.4. The first-order valence-corrected chi connectivity index (χ1v) is 46.9. The lowest BCUT2D eigenvalue weighted by Crippen LogP contribution is -2.59. The van der Waals surface area contributed by atoms with E-state index in [2.05, 4.69) is 112 Å². The Morgan fingerprint density at radius 1 is 0.382 bits per heavy atom. The van der Waals surface area contributed by atoms with Crippen LogP contribution in [0.1, 0.15) is 147 Å². The number of cyclic esters (lactones) is 2. The number of carbonyl (C=O) groups is 6. The zero-order chi connectivity index (χ0) is 94.9. The molecule has 4 aromatic heterocycles. The Labute approximate surface area is 790 Å². The third kappa shape index (κ3) is 23.9. The third-order valence-corrected chi connectivity index (χ3v) is 26.7. The van der Waals surface area contributed by atoms with Gasteiger partial charge in [0.1, 0.15) is 86.6 Å². The number of carbonyl (C=O) groups excluding carboxylic acids is 6. The highest BCUT2D eigenvalue weighted by Crippen LogP contribution is 2.37. The molecule has 12 aromatic rings. The lowest BCUT2D eigenvalue weighted by atomic mass is 9.95. The highest BCUT2D eigenvalue weighted by Gasteiger charge is 2.38. The van der Waals surface area contributed by atoms with Gasteiger partial charge in [-0.05, 0) is 226 Å². The number of nitriles is 2. The van der Waals surface area contributed by atoms with Gasteiger partial charge >= 0.3 is 11.9 Å². The summed E-state index contributed by atoms with van der Waals surface area (Å²) < 4.78 is 44.4. The van der Waals surface area contributed by atoms with Crippen molar-refractivity contribution < 1.29 is 47.0 Å². The number of aromatic nitrogens is 12. The van der Waals surface area contributed by atoms with Crippen molar-refractivity contribution >= 4 is 35.6 Å². The molecule has 30 nitrogen and oxygen atoms in total. The summed E-state index contributed by atoms with van der Waals surface area (Å²) in [5.74, 6) is -0.778. The summed E-state index contributed by atoms with van der Waals surface area (Å²) in [5, 5.41) is 34.5. The van der Waals surface area contributed by atoms with Crippen LogP contribution in [0.15, 0.2) is 214 Å². The summed E-state index contributed by atoms with van der Waals surface area (Å²) in [6, 6.07) is 55.7. The van der Waals surface area contributed by atoms with Crippen molar-refractivity contribution in [1.82, 2.24) is 98.3 Å². The van der Waals surface area contributed by atoms with Gasteiger partial charge in [-0.2, -0.15) is 30.9 Å². The van der Waals surface area contributed by atoms with Crippen molar-refractivity contribution in [2.24, 2.45) is 0 Å². The lowest BCUT2D eigenvalue weighted by molar-refractivity contribution is -0.139. The molecule has 4 saturated heterocycles. The molecule has 3 unspecified atom stereocenters. The predicted molar refractivity (Wildman–Crippen MR) is 505 cm³/mol. The Bertz CT molecular complexity index is 6000. The molecule has 0 radical (unpaired) electrons. The molecule has 10 heterocycles. The fourth-order valence-electron chi connectivity index (χ4n) is 19.6. The molecule has 32 heteroatoms. The quantitative estimate of drug-likeness (QED) is 0.0537. The van der Waals surface area contributed by atoms with Crippen LogP contribution in [0.25, 0.3) is 22.7 Å². The molecule has 0 bridgehead atoms. The van der Waals surface area contributed by atoms with E-state index in [0.29, 0.717) is 56.6 Å². The average molecular weight is 1840 g/mol. The third-order valence-electron chi connectivity index (χ3n) is 26.7. The molecule has 0 N–H and O–H groups in total. The number of amides is 4. The van der Waals surface area contributed by atoms with Gasteiger partial charge in [0.25, 0.3) is 0 Å². The number of aryl methyl sites for hydroxylation is 1. The van der Waals surface area contributed by atoms with Crippen LogP contribution in [0.3, 0.4) is 0 Å². The van der Waals surface area contributed by atoms with Gasteiger partial charge in [0, 0.05) is 142 Å². The monoisotopic (exact) mass is 1840 g/mol. The standard InChI is InChI=1S/2C28H33N5O3.C25H25FN6O.C23H23FN6O/c2*1-19-15-31(11-10-23-6-9-26-24(13-23)12-21(3)36-28(26)35)16-20(2)33(19)27(34)14-22-4-7-25(8-5-22)32-18-29-17-30-32;26-24-6-1-18(13-20(24)15-27)7-8-30-9-11-31(12-10-30)25(33)23-4-2-19-14-21(3-5-22(19)23)32-17-28-16-29-32;24-22-6-3-19(13-20(22)15-25)7-8-28-9-11-29(12-10-28)23(31)14-18-1-4-21(5-2-18)30-17-26-16-27-30/h2*4-9,13,17-21H,10-12,14-16H2,1-3H3;1,3,5-6,13-14,16-17,23H,2,4,7-12H2;1-6,13,16-17H,7-12,14H2/t19-,20+,21?;19-,20-,21?;;/m.1../s1. The van der Waals surface area contributed by atoms with E-state index in [1.165, 1.54) is 54.1 Å². The Morgan fingerprint density at radius 3 is 1.10 bits per heavy atom. The number of halogens is 2. The van der Waals surface area contributed by atoms with Crippen LogP contribution in [-0.2, 0) is 92.9 Å².